The van der Waals surface area contributed by atoms with Gasteiger partial charge in [0.05, 0.1) is 17.7 Å². The number of anilines is 1. The average molecular weight is 558 g/mol. The highest BCUT2D eigenvalue weighted by Gasteiger charge is 2.37. The second-order valence-electron chi connectivity index (χ2n) is 12.1. The fourth-order valence-electron chi connectivity index (χ4n) is 6.48. The highest BCUT2D eigenvalue weighted by atomic mass is 16.5. The van der Waals surface area contributed by atoms with Gasteiger partial charge in [-0.3, -0.25) is 14.4 Å². The van der Waals surface area contributed by atoms with E-state index < -0.39 is 0 Å². The van der Waals surface area contributed by atoms with Gasteiger partial charge < -0.3 is 14.5 Å². The summed E-state index contributed by atoms with van der Waals surface area (Å²) in [6, 6.07) is 13.3. The van der Waals surface area contributed by atoms with Gasteiger partial charge in [-0.05, 0) is 56.9 Å². The molecule has 9 nitrogen and oxygen atoms in total. The van der Waals surface area contributed by atoms with E-state index in [1.54, 1.807) is 13.1 Å². The molecule has 41 heavy (non-hydrogen) atoms. The second kappa shape index (κ2) is 11.9. The van der Waals surface area contributed by atoms with Crippen molar-refractivity contribution < 1.29 is 4.74 Å². The summed E-state index contributed by atoms with van der Waals surface area (Å²) >= 11 is 0. The largest absolute Gasteiger partial charge is 0.373 e. The van der Waals surface area contributed by atoms with Crippen molar-refractivity contribution in [2.24, 2.45) is 7.05 Å². The van der Waals surface area contributed by atoms with Crippen LogP contribution in [0.5, 0.6) is 0 Å². The topological polar surface area (TPSA) is 71.1 Å². The maximum absolute atomic E-state index is 12.9. The van der Waals surface area contributed by atoms with Gasteiger partial charge in [0.15, 0.2) is 5.82 Å². The Labute approximate surface area is 243 Å². The molecule has 0 bridgehead atoms. The van der Waals surface area contributed by atoms with Gasteiger partial charge in [0.25, 0.3) is 5.82 Å². The van der Waals surface area contributed by atoms with Crippen molar-refractivity contribution in [2.75, 3.05) is 37.7 Å². The Bertz CT molecular complexity index is 1480. The quantitative estimate of drug-likeness (QED) is 0.382. The Morgan fingerprint density at radius 1 is 1.07 bits per heavy atom. The number of aromatic nitrogens is 3. The number of piperazine rings is 1. The zero-order valence-electron chi connectivity index (χ0n) is 25.3. The molecule has 0 saturated carbocycles. The van der Waals surface area contributed by atoms with Crippen LogP contribution in [0.1, 0.15) is 64.6 Å². The molecule has 0 spiro atoms. The van der Waals surface area contributed by atoms with E-state index in [1.807, 2.05) is 6.07 Å². The monoisotopic (exact) mass is 557 g/mol. The summed E-state index contributed by atoms with van der Waals surface area (Å²) in [5, 5.41) is 0. The van der Waals surface area contributed by atoms with Crippen LogP contribution in [0.4, 0.5) is 11.6 Å². The van der Waals surface area contributed by atoms with Crippen LogP contribution >= 0.6 is 0 Å². The molecule has 0 aliphatic carbocycles. The molecule has 0 N–H and O–H groups in total. The average Bonchev–Trinajstić information content (AvgIpc) is 2.97. The number of aryl methyl sites for hydroxylation is 1. The van der Waals surface area contributed by atoms with Crippen LogP contribution in [0.25, 0.3) is 15.9 Å². The molecule has 218 valence electrons. The van der Waals surface area contributed by atoms with Gasteiger partial charge in [-0.15, -0.1) is 4.98 Å². The first-order valence-electron chi connectivity index (χ1n) is 14.9. The molecule has 0 amide bonds. The molecule has 2 fully saturated rings. The van der Waals surface area contributed by atoms with Crippen molar-refractivity contribution in [2.45, 2.75) is 77.7 Å². The smallest absolute Gasteiger partial charge is 0.350 e. The van der Waals surface area contributed by atoms with Gasteiger partial charge in [-0.25, -0.2) is 4.79 Å². The maximum atomic E-state index is 12.9. The van der Waals surface area contributed by atoms with E-state index in [0.29, 0.717) is 22.7 Å². The third-order valence-corrected chi connectivity index (χ3v) is 8.86. The molecule has 3 aromatic rings. The van der Waals surface area contributed by atoms with E-state index in [2.05, 4.69) is 88.4 Å². The molecule has 1 aromatic carbocycles. The first kappa shape index (κ1) is 29.2. The lowest BCUT2D eigenvalue weighted by Gasteiger charge is -2.49. The summed E-state index contributed by atoms with van der Waals surface area (Å²) in [7, 11) is 1.71. The molecule has 0 radical (unpaired) electrons. The number of pyridine rings is 1. The molecule has 2 aliphatic heterocycles. The molecule has 2 saturated heterocycles. The SMILES string of the molecule is [C-]#[N+]c1ccc2c(n1)c(N1C[C@@H](CC)N(C(C)c3ccc(CN4CCOC(C)(C)C4)cc3)C[C@@H]1CC)nc(=O)n2C. The number of rotatable bonds is 7. The summed E-state index contributed by atoms with van der Waals surface area (Å²) in [4.78, 5) is 32.9. The molecule has 1 unspecified atom stereocenters. The lowest BCUT2D eigenvalue weighted by molar-refractivity contribution is -0.0882. The van der Waals surface area contributed by atoms with Crippen LogP contribution in [-0.2, 0) is 18.3 Å². The number of hydrogen-bond donors (Lipinski definition) is 0. The van der Waals surface area contributed by atoms with E-state index in [9.17, 15) is 4.79 Å². The second-order valence-corrected chi connectivity index (χ2v) is 12.1. The molecule has 3 atom stereocenters. The van der Waals surface area contributed by atoms with Gasteiger partial charge >= 0.3 is 5.69 Å². The number of morpholine rings is 1. The minimum absolute atomic E-state index is 0.0936. The summed E-state index contributed by atoms with van der Waals surface area (Å²) < 4.78 is 7.40. The van der Waals surface area contributed by atoms with E-state index in [-0.39, 0.29) is 29.4 Å². The zero-order chi connectivity index (χ0) is 29.3. The molecule has 5 rings (SSSR count). The van der Waals surface area contributed by atoms with Crippen LogP contribution in [0, 0.1) is 6.57 Å². The number of nitrogens with zero attached hydrogens (tertiary/aromatic N) is 7. The molecular weight excluding hydrogens is 514 g/mol. The van der Waals surface area contributed by atoms with E-state index in [1.165, 1.54) is 15.7 Å². The predicted octanol–water partition coefficient (Wildman–Crippen LogP) is 4.93. The van der Waals surface area contributed by atoms with E-state index >= 15 is 0 Å². The molecule has 2 aliphatic rings. The maximum Gasteiger partial charge on any atom is 0.350 e. The lowest BCUT2D eigenvalue weighted by atomic mass is 9.96. The van der Waals surface area contributed by atoms with Crippen LogP contribution in [0.15, 0.2) is 41.2 Å². The van der Waals surface area contributed by atoms with Crippen molar-refractivity contribution >= 4 is 22.7 Å². The van der Waals surface area contributed by atoms with Crippen molar-refractivity contribution in [3.63, 3.8) is 0 Å². The molecule has 9 heteroatoms. The Kier molecular flexibility index (Phi) is 8.46. The minimum atomic E-state index is -0.302. The van der Waals surface area contributed by atoms with Crippen LogP contribution in [0.3, 0.4) is 0 Å². The van der Waals surface area contributed by atoms with Crippen molar-refractivity contribution in [3.8, 4) is 0 Å². The Morgan fingerprint density at radius 3 is 2.46 bits per heavy atom. The Hall–Kier alpha value is -3.32. The van der Waals surface area contributed by atoms with Gasteiger partial charge in [-0.1, -0.05) is 44.7 Å². The molecular formula is C32H43N7O2. The normalized spacial score (nSPS) is 22.5. The zero-order valence-corrected chi connectivity index (χ0v) is 25.3. The fraction of sp³-hybridized carbons (Fsp3) is 0.562. The van der Waals surface area contributed by atoms with Crippen molar-refractivity contribution in [3.05, 3.63) is 69.4 Å². The Balaban J connectivity index is 1.37. The minimum Gasteiger partial charge on any atom is -0.373 e. The highest BCUT2D eigenvalue weighted by molar-refractivity contribution is 5.87. The fourth-order valence-corrected chi connectivity index (χ4v) is 6.48. The summed E-state index contributed by atoms with van der Waals surface area (Å²) in [6.45, 7) is 23.8. The van der Waals surface area contributed by atoms with Gasteiger partial charge in [0.2, 0.25) is 5.52 Å². The molecule has 4 heterocycles. The van der Waals surface area contributed by atoms with Crippen LogP contribution in [-0.4, -0.2) is 74.8 Å². The third kappa shape index (κ3) is 6.01. The third-order valence-electron chi connectivity index (χ3n) is 8.86. The number of hydrogen-bond acceptors (Lipinski definition) is 7. The summed E-state index contributed by atoms with van der Waals surface area (Å²) in [6.07, 6.45) is 1.89. The number of benzene rings is 1. The van der Waals surface area contributed by atoms with Crippen molar-refractivity contribution in [1.82, 2.24) is 24.3 Å². The Morgan fingerprint density at radius 2 is 1.80 bits per heavy atom. The standard InChI is InChI=1S/C32H43N7O2/c1-8-25-20-39(30-29-27(36(7)31(40)35-30)14-15-28(33-6)34-29)26(9-2)19-38(25)22(3)24-12-10-23(11-13-24)18-37-16-17-41-32(4,5)21-37/h10-15,22,25-26H,8-9,16-21H2,1-5,7H3/t22?,25-,26+/m1/s1. The van der Waals surface area contributed by atoms with Crippen LogP contribution < -0.4 is 10.6 Å². The van der Waals surface area contributed by atoms with Gasteiger partial charge in [0.1, 0.15) is 0 Å². The van der Waals surface area contributed by atoms with Crippen LogP contribution in [0.2, 0.25) is 0 Å². The predicted molar refractivity (Wildman–Crippen MR) is 163 cm³/mol. The summed E-state index contributed by atoms with van der Waals surface area (Å²) in [5.74, 6) is 0.911. The van der Waals surface area contributed by atoms with E-state index in [0.717, 1.165) is 52.2 Å². The van der Waals surface area contributed by atoms with Crippen molar-refractivity contribution in [1.29, 1.82) is 0 Å². The van der Waals surface area contributed by atoms with Gasteiger partial charge in [-0.2, -0.15) is 4.98 Å². The first-order valence-corrected chi connectivity index (χ1v) is 14.9. The summed E-state index contributed by atoms with van der Waals surface area (Å²) in [5.41, 5.74) is 3.57. The first-order chi connectivity index (χ1) is 19.6. The van der Waals surface area contributed by atoms with E-state index in [4.69, 9.17) is 11.3 Å². The van der Waals surface area contributed by atoms with Gasteiger partial charge in [0, 0.05) is 57.9 Å². The molecule has 2 aromatic heterocycles. The highest BCUT2D eigenvalue weighted by Crippen LogP contribution is 2.34. The number of fused-ring (bicyclic) bond motifs is 1. The lowest BCUT2D eigenvalue weighted by Crippen LogP contribution is -2.59. The number of ether oxygens (including phenoxy) is 1.